The highest BCUT2D eigenvalue weighted by molar-refractivity contribution is 5.95. The molecule has 1 fully saturated rings. The summed E-state index contributed by atoms with van der Waals surface area (Å²) in [5.74, 6) is -0.981. The molecule has 2 aliphatic rings. The molecule has 1 aromatic carbocycles. The summed E-state index contributed by atoms with van der Waals surface area (Å²) in [5.41, 5.74) is 4.34. The third-order valence-electron chi connectivity index (χ3n) is 5.71. The molecule has 150 valence electrons. The van der Waals surface area contributed by atoms with Gasteiger partial charge in [-0.1, -0.05) is 12.1 Å². The van der Waals surface area contributed by atoms with Crippen LogP contribution in [0.4, 0.5) is 8.78 Å². The van der Waals surface area contributed by atoms with Crippen molar-refractivity contribution in [3.8, 4) is 0 Å². The van der Waals surface area contributed by atoms with Gasteiger partial charge in [0.25, 0.3) is 5.91 Å². The molecule has 2 aromatic heterocycles. The molecule has 2 heterocycles. The number of nitrogens with zero attached hydrogens (tertiary/aromatic N) is 2. The van der Waals surface area contributed by atoms with Gasteiger partial charge in [-0.15, -0.1) is 0 Å². The Kier molecular flexibility index (Phi) is 4.42. The maximum atomic E-state index is 13.6. The smallest absolute Gasteiger partial charge is 0.252 e. The van der Waals surface area contributed by atoms with Crippen LogP contribution in [0.25, 0.3) is 5.57 Å². The van der Waals surface area contributed by atoms with E-state index in [0.717, 1.165) is 53.8 Å². The third-order valence-corrected chi connectivity index (χ3v) is 5.71. The zero-order valence-corrected chi connectivity index (χ0v) is 16.2. The molecule has 0 unspecified atom stereocenters. The van der Waals surface area contributed by atoms with Crippen LogP contribution in [0.1, 0.15) is 52.1 Å². The van der Waals surface area contributed by atoms with E-state index in [1.54, 1.807) is 6.20 Å². The largest absolute Gasteiger partial charge is 0.341 e. The first-order valence-corrected chi connectivity index (χ1v) is 9.94. The number of halogens is 2. The molecule has 6 heteroatoms. The lowest BCUT2D eigenvalue weighted by molar-refractivity contribution is 0.0929. The summed E-state index contributed by atoms with van der Waals surface area (Å²) in [6.45, 7) is 0. The van der Waals surface area contributed by atoms with Gasteiger partial charge in [0.05, 0.1) is 17.4 Å². The van der Waals surface area contributed by atoms with Crippen LogP contribution in [-0.4, -0.2) is 15.9 Å². The van der Waals surface area contributed by atoms with Crippen LogP contribution in [0, 0.1) is 11.6 Å². The van der Waals surface area contributed by atoms with Crippen LogP contribution in [-0.2, 0) is 12.0 Å². The van der Waals surface area contributed by atoms with E-state index in [0.29, 0.717) is 5.56 Å². The zero-order valence-electron chi connectivity index (χ0n) is 16.2. The van der Waals surface area contributed by atoms with Gasteiger partial charge in [-0.3, -0.25) is 14.8 Å². The van der Waals surface area contributed by atoms with Crippen molar-refractivity contribution in [2.45, 2.75) is 31.2 Å². The zero-order chi connectivity index (χ0) is 20.7. The maximum Gasteiger partial charge on any atom is 0.252 e. The molecule has 2 aliphatic carbocycles. The number of allylic oxidation sites excluding steroid dienone is 1. The van der Waals surface area contributed by atoms with Gasteiger partial charge < -0.3 is 5.32 Å². The number of benzene rings is 1. The van der Waals surface area contributed by atoms with Crippen molar-refractivity contribution in [2.75, 3.05) is 0 Å². The number of pyridine rings is 2. The standard InChI is InChI=1S/C24H19F2N3O/c25-17-6-4-15(5-7-17)23(30)29-24(10-11-24)22-9-8-20-19(2-1-3-21(20)28-22)16-12-18(26)14-27-13-16/h2,4-9,12-14H,1,3,10-11H2,(H,29,30). The number of nitrogens with one attached hydrogen (secondary N) is 1. The molecule has 1 amide bonds. The summed E-state index contributed by atoms with van der Waals surface area (Å²) in [6, 6.07) is 10.9. The summed E-state index contributed by atoms with van der Waals surface area (Å²) in [6.07, 6.45) is 8.15. The van der Waals surface area contributed by atoms with Gasteiger partial charge in [-0.25, -0.2) is 8.78 Å². The molecule has 1 saturated carbocycles. The first-order chi connectivity index (χ1) is 14.5. The molecular formula is C24H19F2N3O. The van der Waals surface area contributed by atoms with Crippen molar-refractivity contribution in [1.29, 1.82) is 0 Å². The number of amides is 1. The van der Waals surface area contributed by atoms with Gasteiger partial charge in [-0.05, 0) is 67.7 Å². The Morgan fingerprint density at radius 2 is 1.80 bits per heavy atom. The molecular weight excluding hydrogens is 384 g/mol. The van der Waals surface area contributed by atoms with E-state index in [9.17, 15) is 13.6 Å². The van der Waals surface area contributed by atoms with Crippen LogP contribution < -0.4 is 5.32 Å². The minimum Gasteiger partial charge on any atom is -0.341 e. The Hall–Kier alpha value is -3.41. The topological polar surface area (TPSA) is 54.9 Å². The van der Waals surface area contributed by atoms with Crippen LogP contribution in [0.2, 0.25) is 0 Å². The first-order valence-electron chi connectivity index (χ1n) is 9.94. The quantitative estimate of drug-likeness (QED) is 0.695. The highest BCUT2D eigenvalue weighted by Gasteiger charge is 2.47. The molecule has 4 nitrogen and oxygen atoms in total. The maximum absolute atomic E-state index is 13.6. The first kappa shape index (κ1) is 18.6. The lowest BCUT2D eigenvalue weighted by Gasteiger charge is -2.22. The van der Waals surface area contributed by atoms with Gasteiger partial charge in [0.2, 0.25) is 0 Å². The summed E-state index contributed by atoms with van der Waals surface area (Å²) in [5, 5.41) is 3.08. The predicted molar refractivity (Wildman–Crippen MR) is 109 cm³/mol. The molecule has 0 aliphatic heterocycles. The Balaban J connectivity index is 1.42. The fourth-order valence-electron chi connectivity index (χ4n) is 3.96. The summed E-state index contributed by atoms with van der Waals surface area (Å²) in [4.78, 5) is 21.5. The minimum absolute atomic E-state index is 0.238. The molecule has 0 radical (unpaired) electrons. The van der Waals surface area contributed by atoms with Crippen molar-refractivity contribution in [1.82, 2.24) is 15.3 Å². The van der Waals surface area contributed by atoms with Crippen molar-refractivity contribution < 1.29 is 13.6 Å². The number of hydrogen-bond acceptors (Lipinski definition) is 3. The third kappa shape index (κ3) is 3.38. The number of aryl methyl sites for hydroxylation is 1. The molecule has 0 bridgehead atoms. The number of carbonyl (C=O) groups is 1. The number of rotatable bonds is 4. The fraction of sp³-hybridized carbons (Fsp3) is 0.208. The van der Waals surface area contributed by atoms with Crippen molar-refractivity contribution in [3.63, 3.8) is 0 Å². The highest BCUT2D eigenvalue weighted by Crippen LogP contribution is 2.45. The van der Waals surface area contributed by atoms with Crippen molar-refractivity contribution >= 4 is 11.5 Å². The van der Waals surface area contributed by atoms with E-state index in [1.807, 2.05) is 12.1 Å². The van der Waals surface area contributed by atoms with Gasteiger partial charge in [0.1, 0.15) is 11.6 Å². The normalized spacial score (nSPS) is 16.4. The Morgan fingerprint density at radius 3 is 2.53 bits per heavy atom. The summed E-state index contributed by atoms with van der Waals surface area (Å²) >= 11 is 0. The second-order valence-electron chi connectivity index (χ2n) is 7.78. The predicted octanol–water partition coefficient (Wildman–Crippen LogP) is 4.55. The molecule has 5 rings (SSSR count). The van der Waals surface area contributed by atoms with Gasteiger partial charge >= 0.3 is 0 Å². The van der Waals surface area contributed by atoms with Crippen LogP contribution >= 0.6 is 0 Å². The van der Waals surface area contributed by atoms with Crippen LogP contribution in [0.3, 0.4) is 0 Å². The number of fused-ring (bicyclic) bond motifs is 1. The second kappa shape index (κ2) is 7.13. The van der Waals surface area contributed by atoms with Crippen LogP contribution in [0.15, 0.2) is 60.9 Å². The van der Waals surface area contributed by atoms with Gasteiger partial charge in [0.15, 0.2) is 0 Å². The molecule has 0 atom stereocenters. The minimum atomic E-state index is -0.484. The molecule has 1 N–H and O–H groups in total. The average molecular weight is 403 g/mol. The lowest BCUT2D eigenvalue weighted by Crippen LogP contribution is -2.35. The molecule has 30 heavy (non-hydrogen) atoms. The van der Waals surface area contributed by atoms with E-state index in [-0.39, 0.29) is 17.5 Å². The Morgan fingerprint density at radius 1 is 1.00 bits per heavy atom. The van der Waals surface area contributed by atoms with Crippen molar-refractivity contribution in [2.24, 2.45) is 0 Å². The summed E-state index contributed by atoms with van der Waals surface area (Å²) in [7, 11) is 0. The van der Waals surface area contributed by atoms with Gasteiger partial charge in [-0.2, -0.15) is 0 Å². The van der Waals surface area contributed by atoms with E-state index in [2.05, 4.69) is 16.4 Å². The van der Waals surface area contributed by atoms with E-state index in [4.69, 9.17) is 4.98 Å². The highest BCUT2D eigenvalue weighted by atomic mass is 19.1. The van der Waals surface area contributed by atoms with E-state index >= 15 is 0 Å². The summed E-state index contributed by atoms with van der Waals surface area (Å²) < 4.78 is 26.8. The van der Waals surface area contributed by atoms with Crippen molar-refractivity contribution in [3.05, 3.63) is 101 Å². The number of hydrogen-bond donors (Lipinski definition) is 1. The number of aromatic nitrogens is 2. The Labute approximate surface area is 172 Å². The Bertz CT molecular complexity index is 1170. The molecule has 0 saturated heterocycles. The van der Waals surface area contributed by atoms with E-state index < -0.39 is 5.54 Å². The molecule has 3 aromatic rings. The van der Waals surface area contributed by atoms with Gasteiger partial charge in [0, 0.05) is 28.6 Å². The average Bonchev–Trinajstić information content (AvgIpc) is 3.54. The molecule has 0 spiro atoms. The lowest BCUT2D eigenvalue weighted by atomic mass is 9.90. The fourth-order valence-corrected chi connectivity index (χ4v) is 3.96. The SMILES string of the molecule is O=C(NC1(c2ccc3c(n2)CCC=C3c2cncc(F)c2)CC1)c1ccc(F)cc1. The van der Waals surface area contributed by atoms with E-state index in [1.165, 1.54) is 36.5 Å². The second-order valence-corrected chi connectivity index (χ2v) is 7.78. The van der Waals surface area contributed by atoms with Crippen LogP contribution in [0.5, 0.6) is 0 Å². The monoisotopic (exact) mass is 403 g/mol. The number of carbonyl (C=O) groups excluding carboxylic acids is 1.